The van der Waals surface area contributed by atoms with Crippen molar-refractivity contribution in [3.63, 3.8) is 0 Å². The van der Waals surface area contributed by atoms with E-state index in [1.54, 1.807) is 10.9 Å². The normalized spacial score (nSPS) is 23.5. The highest BCUT2D eigenvalue weighted by molar-refractivity contribution is 6.32. The highest BCUT2D eigenvalue weighted by Gasteiger charge is 2.30. The first-order valence-electron chi connectivity index (χ1n) is 12.1. The third kappa shape index (κ3) is 5.69. The molecule has 0 radical (unpaired) electrons. The molecule has 0 unspecified atom stereocenters. The Balaban J connectivity index is 1.40. The summed E-state index contributed by atoms with van der Waals surface area (Å²) >= 11 is 6.44. The molecule has 1 saturated heterocycles. The Morgan fingerprint density at radius 3 is 2.58 bits per heavy atom. The maximum Gasteiger partial charge on any atom is 0.287 e. The van der Waals surface area contributed by atoms with Gasteiger partial charge in [-0.1, -0.05) is 11.6 Å². The second kappa shape index (κ2) is 10.9. The third-order valence-corrected chi connectivity index (χ3v) is 7.23. The Kier molecular flexibility index (Phi) is 7.91. The number of rotatable bonds is 7. The van der Waals surface area contributed by atoms with Crippen LogP contribution in [-0.4, -0.2) is 41.6 Å². The fraction of sp³-hybridized carbons (Fsp3) is 0.600. The SMILES string of the molecule is CC(C)N(c1ccc(F)cc1)[C@H]1CC[C@@H](n2ncc(NC[C@@H]3CCCOC3)c(Cl)c2=O)CC1. The molecular weight excluding hydrogens is 443 g/mol. The number of benzene rings is 1. The van der Waals surface area contributed by atoms with Gasteiger partial charge in [-0.05, 0) is 82.6 Å². The van der Waals surface area contributed by atoms with Gasteiger partial charge in [0.1, 0.15) is 10.8 Å². The Morgan fingerprint density at radius 1 is 1.21 bits per heavy atom. The predicted octanol–water partition coefficient (Wildman–Crippen LogP) is 5.27. The first kappa shape index (κ1) is 24.0. The van der Waals surface area contributed by atoms with Crippen LogP contribution in [-0.2, 0) is 4.74 Å². The van der Waals surface area contributed by atoms with Crippen LogP contribution in [0.5, 0.6) is 0 Å². The fourth-order valence-corrected chi connectivity index (χ4v) is 5.38. The molecule has 1 aromatic heterocycles. The van der Waals surface area contributed by atoms with Gasteiger partial charge < -0.3 is 15.0 Å². The summed E-state index contributed by atoms with van der Waals surface area (Å²) < 4.78 is 20.5. The zero-order valence-corrected chi connectivity index (χ0v) is 20.2. The molecule has 1 N–H and O–H groups in total. The van der Waals surface area contributed by atoms with E-state index < -0.39 is 0 Å². The second-order valence-electron chi connectivity index (χ2n) is 9.53. The molecule has 0 bridgehead atoms. The minimum absolute atomic E-state index is 0.0364. The van der Waals surface area contributed by atoms with Crippen LogP contribution >= 0.6 is 11.6 Å². The Hall–Kier alpha value is -2.12. The number of nitrogens with one attached hydrogen (secondary N) is 1. The van der Waals surface area contributed by atoms with E-state index in [0.717, 1.165) is 64.0 Å². The van der Waals surface area contributed by atoms with Crippen LogP contribution < -0.4 is 15.8 Å². The molecule has 0 spiro atoms. The third-order valence-electron chi connectivity index (χ3n) is 6.87. The van der Waals surface area contributed by atoms with Crippen molar-refractivity contribution < 1.29 is 9.13 Å². The predicted molar refractivity (Wildman–Crippen MR) is 131 cm³/mol. The summed E-state index contributed by atoms with van der Waals surface area (Å²) in [5, 5.41) is 7.97. The second-order valence-corrected chi connectivity index (χ2v) is 9.90. The van der Waals surface area contributed by atoms with Gasteiger partial charge in [-0.15, -0.1) is 0 Å². The molecule has 0 amide bonds. The van der Waals surface area contributed by atoms with Crippen molar-refractivity contribution >= 4 is 23.0 Å². The molecule has 1 aromatic carbocycles. The zero-order valence-electron chi connectivity index (χ0n) is 19.5. The molecule has 1 atom stereocenters. The van der Waals surface area contributed by atoms with E-state index in [1.165, 1.54) is 12.1 Å². The van der Waals surface area contributed by atoms with Crippen LogP contribution in [0.15, 0.2) is 35.3 Å². The van der Waals surface area contributed by atoms with E-state index in [-0.39, 0.29) is 22.4 Å². The number of hydrogen-bond acceptors (Lipinski definition) is 5. The Morgan fingerprint density at radius 2 is 1.94 bits per heavy atom. The van der Waals surface area contributed by atoms with Crippen LogP contribution in [0.25, 0.3) is 0 Å². The average Bonchev–Trinajstić information content (AvgIpc) is 2.82. The van der Waals surface area contributed by atoms with E-state index >= 15 is 0 Å². The molecule has 8 heteroatoms. The van der Waals surface area contributed by atoms with Crippen LogP contribution in [0, 0.1) is 11.7 Å². The standard InChI is InChI=1S/C25H34ClFN4O2/c1-17(2)30(20-7-5-19(27)6-8-20)21-9-11-22(12-10-21)31-25(32)24(26)23(15-29-31)28-14-18-4-3-13-33-16-18/h5-8,15,17-18,21-22,28H,3-4,9-14,16H2,1-2H3/t18-,21-,22+/m0/s1. The smallest absolute Gasteiger partial charge is 0.287 e. The lowest BCUT2D eigenvalue weighted by Crippen LogP contribution is -2.43. The van der Waals surface area contributed by atoms with E-state index in [9.17, 15) is 9.18 Å². The molecule has 2 fully saturated rings. The first-order chi connectivity index (χ1) is 15.9. The average molecular weight is 477 g/mol. The largest absolute Gasteiger partial charge is 0.382 e. The van der Waals surface area contributed by atoms with Crippen molar-refractivity contribution in [1.29, 1.82) is 0 Å². The molecule has 1 saturated carbocycles. The molecule has 1 aliphatic heterocycles. The Bertz CT molecular complexity index is 967. The molecule has 2 aromatic rings. The number of ether oxygens (including phenoxy) is 1. The van der Waals surface area contributed by atoms with Gasteiger partial charge in [-0.2, -0.15) is 5.10 Å². The van der Waals surface area contributed by atoms with E-state index in [0.29, 0.717) is 23.7 Å². The number of aromatic nitrogens is 2. The molecule has 4 rings (SSSR count). The molecule has 6 nitrogen and oxygen atoms in total. The number of halogens is 2. The quantitative estimate of drug-likeness (QED) is 0.589. The summed E-state index contributed by atoms with van der Waals surface area (Å²) in [6.45, 7) is 6.61. The van der Waals surface area contributed by atoms with Gasteiger partial charge in [0.2, 0.25) is 0 Å². The van der Waals surface area contributed by atoms with Gasteiger partial charge in [0.25, 0.3) is 5.56 Å². The van der Waals surface area contributed by atoms with Gasteiger partial charge in [0.05, 0.1) is 24.5 Å². The number of nitrogens with zero attached hydrogens (tertiary/aromatic N) is 3. The molecule has 2 heterocycles. The summed E-state index contributed by atoms with van der Waals surface area (Å²) in [6, 6.07) is 7.40. The topological polar surface area (TPSA) is 59.4 Å². The van der Waals surface area contributed by atoms with E-state index in [1.807, 2.05) is 12.1 Å². The molecule has 2 aliphatic rings. The van der Waals surface area contributed by atoms with Gasteiger partial charge in [-0.25, -0.2) is 9.07 Å². The maximum absolute atomic E-state index is 13.4. The van der Waals surface area contributed by atoms with Crippen molar-refractivity contribution in [2.45, 2.75) is 70.5 Å². The molecule has 1 aliphatic carbocycles. The van der Waals surface area contributed by atoms with Crippen LogP contribution in [0.3, 0.4) is 0 Å². The molecule has 33 heavy (non-hydrogen) atoms. The fourth-order valence-electron chi connectivity index (χ4n) is 5.18. The van der Waals surface area contributed by atoms with Crippen LogP contribution in [0.4, 0.5) is 15.8 Å². The summed E-state index contributed by atoms with van der Waals surface area (Å²) in [7, 11) is 0. The van der Waals surface area contributed by atoms with Crippen molar-refractivity contribution in [3.8, 4) is 0 Å². The lowest BCUT2D eigenvalue weighted by atomic mass is 9.89. The first-order valence-corrected chi connectivity index (χ1v) is 12.4. The zero-order chi connectivity index (χ0) is 23.4. The highest BCUT2D eigenvalue weighted by Crippen LogP contribution is 2.34. The van der Waals surface area contributed by atoms with Crippen LogP contribution in [0.1, 0.15) is 58.4 Å². The van der Waals surface area contributed by atoms with Gasteiger partial charge in [-0.3, -0.25) is 4.79 Å². The van der Waals surface area contributed by atoms with Gasteiger partial charge in [0, 0.05) is 30.9 Å². The summed E-state index contributed by atoms with van der Waals surface area (Å²) in [6.07, 6.45) is 7.44. The van der Waals surface area contributed by atoms with Crippen molar-refractivity contribution in [1.82, 2.24) is 9.78 Å². The minimum Gasteiger partial charge on any atom is -0.382 e. The summed E-state index contributed by atoms with van der Waals surface area (Å²) in [4.78, 5) is 15.3. The summed E-state index contributed by atoms with van der Waals surface area (Å²) in [5.41, 5.74) is 1.40. The monoisotopic (exact) mass is 476 g/mol. The molecular formula is C25H34ClFN4O2. The van der Waals surface area contributed by atoms with Crippen molar-refractivity contribution in [3.05, 3.63) is 51.7 Å². The van der Waals surface area contributed by atoms with Gasteiger partial charge >= 0.3 is 0 Å². The Labute approximate surface area is 200 Å². The van der Waals surface area contributed by atoms with Crippen molar-refractivity contribution in [2.24, 2.45) is 5.92 Å². The van der Waals surface area contributed by atoms with Crippen LogP contribution in [0.2, 0.25) is 5.02 Å². The van der Waals surface area contributed by atoms with Crippen molar-refractivity contribution in [2.75, 3.05) is 30.0 Å². The number of anilines is 2. The lowest BCUT2D eigenvalue weighted by molar-refractivity contribution is 0.0595. The number of hydrogen-bond donors (Lipinski definition) is 1. The van der Waals surface area contributed by atoms with Gasteiger partial charge in [0.15, 0.2) is 0 Å². The van der Waals surface area contributed by atoms with E-state index in [2.05, 4.69) is 29.2 Å². The summed E-state index contributed by atoms with van der Waals surface area (Å²) in [5.74, 6) is 0.205. The lowest BCUT2D eigenvalue weighted by Gasteiger charge is -2.41. The minimum atomic E-state index is -0.232. The van der Waals surface area contributed by atoms with E-state index in [4.69, 9.17) is 16.3 Å². The maximum atomic E-state index is 13.4. The molecule has 180 valence electrons. The highest BCUT2D eigenvalue weighted by atomic mass is 35.5.